The van der Waals surface area contributed by atoms with Gasteiger partial charge in [-0.3, -0.25) is 9.59 Å². The van der Waals surface area contributed by atoms with E-state index in [1.165, 1.54) is 0 Å². The van der Waals surface area contributed by atoms with Crippen LogP contribution in [0.3, 0.4) is 0 Å². The number of rotatable bonds is 4. The minimum atomic E-state index is -0.275. The Labute approximate surface area is 90.0 Å². The van der Waals surface area contributed by atoms with Crippen molar-refractivity contribution in [2.75, 3.05) is 26.7 Å². The van der Waals surface area contributed by atoms with Crippen LogP contribution in [0.2, 0.25) is 0 Å². The second-order valence-electron chi connectivity index (χ2n) is 4.05. The van der Waals surface area contributed by atoms with Gasteiger partial charge in [-0.2, -0.15) is 0 Å². The van der Waals surface area contributed by atoms with Gasteiger partial charge in [-0.25, -0.2) is 0 Å². The lowest BCUT2D eigenvalue weighted by Crippen LogP contribution is -2.44. The predicted molar refractivity (Wildman–Crippen MR) is 57.0 cm³/mol. The third-order valence-electron chi connectivity index (χ3n) is 2.69. The van der Waals surface area contributed by atoms with E-state index in [9.17, 15) is 9.59 Å². The molecule has 0 spiro atoms. The molecule has 2 amide bonds. The first-order chi connectivity index (χ1) is 7.13. The number of nitrogens with zero attached hydrogens (tertiary/aromatic N) is 1. The molecule has 5 nitrogen and oxygen atoms in total. The smallest absolute Gasteiger partial charge is 0.236 e. The van der Waals surface area contributed by atoms with Crippen LogP contribution in [0.4, 0.5) is 0 Å². The van der Waals surface area contributed by atoms with E-state index < -0.39 is 0 Å². The number of hydrogen-bond acceptors (Lipinski definition) is 3. The number of carbonyl (C=O) groups is 2. The number of piperidine rings is 1. The van der Waals surface area contributed by atoms with Crippen molar-refractivity contribution >= 4 is 11.8 Å². The predicted octanol–water partition coefficient (Wildman–Crippen LogP) is -0.680. The Balaban J connectivity index is 2.41. The molecule has 0 aromatic carbocycles. The molecule has 1 unspecified atom stereocenters. The van der Waals surface area contributed by atoms with E-state index in [0.717, 1.165) is 19.4 Å². The number of carbonyl (C=O) groups excluding carboxylic acids is 2. The molecule has 1 aliphatic heterocycles. The maximum absolute atomic E-state index is 11.6. The van der Waals surface area contributed by atoms with Crippen LogP contribution in [-0.4, -0.2) is 43.4 Å². The summed E-state index contributed by atoms with van der Waals surface area (Å²) in [4.78, 5) is 24.2. The van der Waals surface area contributed by atoms with Crippen LogP contribution in [0.5, 0.6) is 0 Å². The Morgan fingerprint density at radius 3 is 2.87 bits per heavy atom. The average molecular weight is 213 g/mol. The van der Waals surface area contributed by atoms with Crippen LogP contribution in [0.15, 0.2) is 0 Å². The molecule has 0 radical (unpaired) electrons. The van der Waals surface area contributed by atoms with Gasteiger partial charge in [0.15, 0.2) is 0 Å². The highest BCUT2D eigenvalue weighted by Gasteiger charge is 2.23. The molecule has 1 rings (SSSR count). The van der Waals surface area contributed by atoms with Gasteiger partial charge in [0.2, 0.25) is 11.8 Å². The maximum atomic E-state index is 11.6. The molecule has 1 fully saturated rings. The number of likely N-dealkylation sites (N-methyl/N-ethyl adjacent to an activating group) is 1. The lowest BCUT2D eigenvalue weighted by Gasteiger charge is -2.32. The first-order valence-electron chi connectivity index (χ1n) is 5.34. The number of nitrogens with one attached hydrogen (secondary N) is 1. The first kappa shape index (κ1) is 12.0. The molecule has 1 aliphatic rings. The molecule has 3 N–H and O–H groups in total. The standard InChI is InChI=1S/C10H19N3O2/c1-12-6-10(15)13-4-2-3-8(7-13)5-9(11)14/h8,12H,2-7H2,1H3,(H2,11,14). The average Bonchev–Trinajstić information content (AvgIpc) is 2.17. The molecule has 86 valence electrons. The Hall–Kier alpha value is -1.10. The third kappa shape index (κ3) is 3.87. The fourth-order valence-electron chi connectivity index (χ4n) is 2.01. The van der Waals surface area contributed by atoms with Gasteiger partial charge in [-0.05, 0) is 25.8 Å². The quantitative estimate of drug-likeness (QED) is 0.649. The van der Waals surface area contributed by atoms with E-state index in [0.29, 0.717) is 19.5 Å². The number of amides is 2. The molecular formula is C10H19N3O2. The number of likely N-dealkylation sites (tertiary alicyclic amines) is 1. The Morgan fingerprint density at radius 2 is 2.27 bits per heavy atom. The molecule has 1 atom stereocenters. The van der Waals surface area contributed by atoms with Gasteiger partial charge in [-0.1, -0.05) is 0 Å². The van der Waals surface area contributed by atoms with Crippen LogP contribution >= 0.6 is 0 Å². The van der Waals surface area contributed by atoms with Gasteiger partial charge < -0.3 is 16.0 Å². The van der Waals surface area contributed by atoms with Gasteiger partial charge in [-0.15, -0.1) is 0 Å². The van der Waals surface area contributed by atoms with E-state index in [1.807, 2.05) is 4.90 Å². The lowest BCUT2D eigenvalue weighted by molar-refractivity contribution is -0.132. The number of hydrogen-bond donors (Lipinski definition) is 2. The molecule has 5 heteroatoms. The molecular weight excluding hydrogens is 194 g/mol. The molecule has 0 aromatic heterocycles. The molecule has 15 heavy (non-hydrogen) atoms. The molecule has 1 heterocycles. The van der Waals surface area contributed by atoms with Gasteiger partial charge >= 0.3 is 0 Å². The Morgan fingerprint density at radius 1 is 1.53 bits per heavy atom. The van der Waals surface area contributed by atoms with E-state index in [4.69, 9.17) is 5.73 Å². The zero-order valence-electron chi connectivity index (χ0n) is 9.16. The first-order valence-corrected chi connectivity index (χ1v) is 5.34. The Bertz CT molecular complexity index is 243. The van der Waals surface area contributed by atoms with Gasteiger partial charge in [0, 0.05) is 19.5 Å². The van der Waals surface area contributed by atoms with Crippen molar-refractivity contribution in [3.8, 4) is 0 Å². The van der Waals surface area contributed by atoms with Crippen LogP contribution in [0.25, 0.3) is 0 Å². The Kier molecular flexibility index (Phi) is 4.55. The molecule has 0 bridgehead atoms. The van der Waals surface area contributed by atoms with E-state index in [2.05, 4.69) is 5.32 Å². The second kappa shape index (κ2) is 5.70. The summed E-state index contributed by atoms with van der Waals surface area (Å²) in [6, 6.07) is 0. The van der Waals surface area contributed by atoms with Crippen molar-refractivity contribution < 1.29 is 9.59 Å². The number of nitrogens with two attached hydrogens (primary N) is 1. The summed E-state index contributed by atoms with van der Waals surface area (Å²) in [5.74, 6) is 0.0756. The third-order valence-corrected chi connectivity index (χ3v) is 2.69. The molecule has 0 aromatic rings. The highest BCUT2D eigenvalue weighted by Crippen LogP contribution is 2.19. The van der Waals surface area contributed by atoms with E-state index >= 15 is 0 Å². The molecule has 0 aliphatic carbocycles. The summed E-state index contributed by atoms with van der Waals surface area (Å²) in [6.45, 7) is 1.84. The largest absolute Gasteiger partial charge is 0.370 e. The summed E-state index contributed by atoms with van der Waals surface area (Å²) >= 11 is 0. The van der Waals surface area contributed by atoms with Crippen molar-refractivity contribution in [3.05, 3.63) is 0 Å². The van der Waals surface area contributed by atoms with Gasteiger partial charge in [0.25, 0.3) is 0 Å². The fourth-order valence-corrected chi connectivity index (χ4v) is 2.01. The molecule has 1 saturated heterocycles. The highest BCUT2D eigenvalue weighted by atomic mass is 16.2. The zero-order valence-corrected chi connectivity index (χ0v) is 9.16. The summed E-state index contributed by atoms with van der Waals surface area (Å²) in [5.41, 5.74) is 5.15. The number of primary amides is 1. The second-order valence-corrected chi connectivity index (χ2v) is 4.05. The van der Waals surface area contributed by atoms with Crippen LogP contribution in [-0.2, 0) is 9.59 Å². The van der Waals surface area contributed by atoms with Crippen molar-refractivity contribution in [3.63, 3.8) is 0 Å². The van der Waals surface area contributed by atoms with Crippen molar-refractivity contribution in [2.45, 2.75) is 19.3 Å². The summed E-state index contributed by atoms with van der Waals surface area (Å²) in [5, 5.41) is 2.84. The van der Waals surface area contributed by atoms with Gasteiger partial charge in [0.05, 0.1) is 6.54 Å². The minimum Gasteiger partial charge on any atom is -0.370 e. The van der Waals surface area contributed by atoms with Crippen LogP contribution in [0, 0.1) is 5.92 Å². The zero-order chi connectivity index (χ0) is 11.3. The van der Waals surface area contributed by atoms with Crippen LogP contribution < -0.4 is 11.1 Å². The summed E-state index contributed by atoms with van der Waals surface area (Å²) < 4.78 is 0. The maximum Gasteiger partial charge on any atom is 0.236 e. The van der Waals surface area contributed by atoms with Crippen molar-refractivity contribution in [1.29, 1.82) is 0 Å². The molecule has 0 saturated carbocycles. The van der Waals surface area contributed by atoms with E-state index in [1.54, 1.807) is 7.05 Å². The van der Waals surface area contributed by atoms with Crippen LogP contribution in [0.1, 0.15) is 19.3 Å². The summed E-state index contributed by atoms with van der Waals surface area (Å²) in [6.07, 6.45) is 2.35. The lowest BCUT2D eigenvalue weighted by atomic mass is 9.94. The topological polar surface area (TPSA) is 75.4 Å². The van der Waals surface area contributed by atoms with E-state index in [-0.39, 0.29) is 17.7 Å². The summed E-state index contributed by atoms with van der Waals surface area (Å²) in [7, 11) is 1.75. The fraction of sp³-hybridized carbons (Fsp3) is 0.800. The van der Waals surface area contributed by atoms with Gasteiger partial charge in [0.1, 0.15) is 0 Å². The monoisotopic (exact) mass is 213 g/mol. The highest BCUT2D eigenvalue weighted by molar-refractivity contribution is 5.78. The van der Waals surface area contributed by atoms with Crippen molar-refractivity contribution in [2.24, 2.45) is 11.7 Å². The minimum absolute atomic E-state index is 0.103. The SMILES string of the molecule is CNCC(=O)N1CCCC(CC(N)=O)C1. The normalized spacial score (nSPS) is 21.4. The van der Waals surface area contributed by atoms with Crippen molar-refractivity contribution in [1.82, 2.24) is 10.2 Å².